The second-order valence-corrected chi connectivity index (χ2v) is 8.07. The summed E-state index contributed by atoms with van der Waals surface area (Å²) in [5, 5.41) is 9.37. The van der Waals surface area contributed by atoms with Gasteiger partial charge < -0.3 is 9.84 Å². The van der Waals surface area contributed by atoms with Gasteiger partial charge in [-0.1, -0.05) is 59.1 Å². The average Bonchev–Trinajstić information content (AvgIpc) is 2.46. The summed E-state index contributed by atoms with van der Waals surface area (Å²) in [4.78, 5) is 0. The molecule has 0 atom stereocenters. The van der Waals surface area contributed by atoms with E-state index in [1.54, 1.807) is 7.11 Å². The molecule has 1 aliphatic rings. The van der Waals surface area contributed by atoms with Gasteiger partial charge in [0.15, 0.2) is 0 Å². The van der Waals surface area contributed by atoms with Gasteiger partial charge >= 0.3 is 0 Å². The van der Waals surface area contributed by atoms with Crippen molar-refractivity contribution in [2.45, 2.75) is 77.0 Å². The summed E-state index contributed by atoms with van der Waals surface area (Å²) in [6, 6.07) is 4.51. The third-order valence-corrected chi connectivity index (χ3v) is 5.17. The van der Waals surface area contributed by atoms with E-state index in [1.807, 2.05) is 0 Å². The van der Waals surface area contributed by atoms with Gasteiger partial charge in [-0.05, 0) is 35.7 Å². The van der Waals surface area contributed by atoms with Gasteiger partial charge in [0.1, 0.15) is 5.75 Å². The fourth-order valence-corrected chi connectivity index (χ4v) is 3.79. The molecular weight excluding hydrogens is 272 g/mol. The lowest BCUT2D eigenvalue weighted by molar-refractivity contribution is 0.294. The fraction of sp³-hybridized carbons (Fsp3) is 0.700. The lowest BCUT2D eigenvalue weighted by Crippen LogP contribution is -2.27. The molecule has 1 N–H and O–H groups in total. The number of hydrogen-bond donors (Lipinski definition) is 1. The minimum Gasteiger partial charge on any atom is -0.496 e. The van der Waals surface area contributed by atoms with Crippen molar-refractivity contribution in [2.24, 2.45) is 0 Å². The summed E-state index contributed by atoms with van der Waals surface area (Å²) in [5.74, 6) is 1.07. The van der Waals surface area contributed by atoms with Crippen LogP contribution >= 0.6 is 0 Å². The fourth-order valence-electron chi connectivity index (χ4n) is 3.79. The van der Waals surface area contributed by atoms with E-state index in [9.17, 15) is 5.11 Å². The molecular formula is C20H32O2. The van der Waals surface area contributed by atoms with Crippen LogP contribution in [0.1, 0.15) is 76.5 Å². The molecule has 0 radical (unpaired) electrons. The highest BCUT2D eigenvalue weighted by Gasteiger charge is 2.34. The molecule has 1 aromatic carbocycles. The van der Waals surface area contributed by atoms with Crippen molar-refractivity contribution in [2.75, 3.05) is 13.7 Å². The van der Waals surface area contributed by atoms with Crippen LogP contribution in [0.5, 0.6) is 5.75 Å². The van der Waals surface area contributed by atoms with Crippen molar-refractivity contribution in [3.8, 4) is 5.75 Å². The molecule has 22 heavy (non-hydrogen) atoms. The lowest BCUT2D eigenvalue weighted by atomic mass is 9.68. The Labute approximate surface area is 135 Å². The van der Waals surface area contributed by atoms with Crippen molar-refractivity contribution in [3.63, 3.8) is 0 Å². The molecule has 0 bridgehead atoms. The summed E-state index contributed by atoms with van der Waals surface area (Å²) >= 11 is 0. The Kier molecular flexibility index (Phi) is 5.21. The largest absolute Gasteiger partial charge is 0.496 e. The molecule has 0 amide bonds. The molecule has 0 aliphatic heterocycles. The number of methoxy groups -OCH3 is 1. The average molecular weight is 304 g/mol. The smallest absolute Gasteiger partial charge is 0.126 e. The van der Waals surface area contributed by atoms with Crippen molar-refractivity contribution >= 4 is 0 Å². The molecule has 0 spiro atoms. The number of benzene rings is 1. The molecule has 1 saturated carbocycles. The zero-order chi connectivity index (χ0) is 16.4. The summed E-state index contributed by atoms with van der Waals surface area (Å²) < 4.78 is 5.89. The molecule has 0 saturated heterocycles. The number of hydrogen-bond acceptors (Lipinski definition) is 2. The first-order chi connectivity index (χ1) is 10.3. The number of aliphatic hydroxyl groups is 1. The second kappa shape index (κ2) is 6.62. The predicted octanol–water partition coefficient (Wildman–Crippen LogP) is 4.75. The highest BCUT2D eigenvalue weighted by molar-refractivity contribution is 5.51. The topological polar surface area (TPSA) is 29.5 Å². The highest BCUT2D eigenvalue weighted by Crippen LogP contribution is 2.46. The highest BCUT2D eigenvalue weighted by atomic mass is 16.5. The van der Waals surface area contributed by atoms with Gasteiger partial charge in [-0.2, -0.15) is 0 Å². The Morgan fingerprint density at radius 1 is 1.14 bits per heavy atom. The van der Waals surface area contributed by atoms with Crippen LogP contribution in [0.15, 0.2) is 12.1 Å². The monoisotopic (exact) mass is 304 g/mol. The van der Waals surface area contributed by atoms with Crippen LogP contribution in [-0.4, -0.2) is 18.8 Å². The quantitative estimate of drug-likeness (QED) is 0.870. The van der Waals surface area contributed by atoms with Gasteiger partial charge in [-0.25, -0.2) is 0 Å². The molecule has 0 unspecified atom stereocenters. The third-order valence-electron chi connectivity index (χ3n) is 5.17. The molecule has 1 aliphatic carbocycles. The standard InChI is InChI=1S/C20H32O2/c1-19(2,3)16-13-15(9-12-21)14-17(18(16)22-5)20(4)10-7-6-8-11-20/h13-14,21H,6-12H2,1-5H3. The molecule has 124 valence electrons. The van der Waals surface area contributed by atoms with Crippen LogP contribution in [-0.2, 0) is 17.3 Å². The molecule has 2 nitrogen and oxygen atoms in total. The van der Waals surface area contributed by atoms with Gasteiger partial charge in [0.2, 0.25) is 0 Å². The number of rotatable bonds is 4. The molecule has 0 heterocycles. The van der Waals surface area contributed by atoms with E-state index in [1.165, 1.54) is 48.8 Å². The van der Waals surface area contributed by atoms with Crippen LogP contribution in [0.25, 0.3) is 0 Å². The van der Waals surface area contributed by atoms with Crippen LogP contribution < -0.4 is 4.74 Å². The first-order valence-corrected chi connectivity index (χ1v) is 8.64. The first kappa shape index (κ1) is 17.3. The van der Waals surface area contributed by atoms with Crippen molar-refractivity contribution in [3.05, 3.63) is 28.8 Å². The maximum Gasteiger partial charge on any atom is 0.126 e. The molecule has 1 aromatic rings. The van der Waals surface area contributed by atoms with E-state index in [-0.39, 0.29) is 17.4 Å². The molecule has 0 aromatic heterocycles. The van der Waals surface area contributed by atoms with Crippen LogP contribution in [0.2, 0.25) is 0 Å². The minimum absolute atomic E-state index is 0.0383. The summed E-state index contributed by atoms with van der Waals surface area (Å²) in [6.07, 6.45) is 7.13. The Bertz CT molecular complexity index is 505. The van der Waals surface area contributed by atoms with Crippen LogP contribution in [0.3, 0.4) is 0 Å². The normalized spacial score (nSPS) is 18.3. The Balaban J connectivity index is 2.61. The molecule has 2 rings (SSSR count). The van der Waals surface area contributed by atoms with E-state index in [0.717, 1.165) is 12.2 Å². The van der Waals surface area contributed by atoms with Gasteiger partial charge in [-0.3, -0.25) is 0 Å². The third kappa shape index (κ3) is 3.48. The van der Waals surface area contributed by atoms with E-state index in [0.29, 0.717) is 0 Å². The Hall–Kier alpha value is -1.02. The van der Waals surface area contributed by atoms with Crippen LogP contribution in [0, 0.1) is 0 Å². The Morgan fingerprint density at radius 2 is 1.77 bits per heavy atom. The summed E-state index contributed by atoms with van der Waals surface area (Å²) in [7, 11) is 1.80. The zero-order valence-electron chi connectivity index (χ0n) is 15.0. The maximum atomic E-state index is 9.37. The van der Waals surface area contributed by atoms with Gasteiger partial charge in [0.25, 0.3) is 0 Å². The van der Waals surface area contributed by atoms with E-state index < -0.39 is 0 Å². The Morgan fingerprint density at radius 3 is 2.27 bits per heavy atom. The second-order valence-electron chi connectivity index (χ2n) is 8.07. The van der Waals surface area contributed by atoms with Gasteiger partial charge in [0, 0.05) is 17.7 Å². The first-order valence-electron chi connectivity index (χ1n) is 8.64. The molecule has 2 heteroatoms. The molecule has 1 fully saturated rings. The van der Waals surface area contributed by atoms with E-state index in [4.69, 9.17) is 4.74 Å². The van der Waals surface area contributed by atoms with Crippen LogP contribution in [0.4, 0.5) is 0 Å². The maximum absolute atomic E-state index is 9.37. The van der Waals surface area contributed by atoms with Gasteiger partial charge in [-0.15, -0.1) is 0 Å². The summed E-state index contributed by atoms with van der Waals surface area (Å²) in [5.41, 5.74) is 4.09. The lowest BCUT2D eigenvalue weighted by Gasteiger charge is -2.37. The van der Waals surface area contributed by atoms with Gasteiger partial charge in [0.05, 0.1) is 7.11 Å². The number of ether oxygens (including phenoxy) is 1. The van der Waals surface area contributed by atoms with Crippen molar-refractivity contribution < 1.29 is 9.84 Å². The van der Waals surface area contributed by atoms with E-state index >= 15 is 0 Å². The number of aliphatic hydroxyl groups excluding tert-OH is 1. The van der Waals surface area contributed by atoms with Crippen molar-refractivity contribution in [1.29, 1.82) is 0 Å². The zero-order valence-corrected chi connectivity index (χ0v) is 15.0. The SMILES string of the molecule is COc1c(C(C)(C)C)cc(CCO)cc1C1(C)CCCCC1. The van der Waals surface area contributed by atoms with E-state index in [2.05, 4.69) is 39.8 Å². The summed E-state index contributed by atoms with van der Waals surface area (Å²) in [6.45, 7) is 9.30. The minimum atomic E-state index is 0.0383. The van der Waals surface area contributed by atoms with Crippen molar-refractivity contribution in [1.82, 2.24) is 0 Å². The predicted molar refractivity (Wildman–Crippen MR) is 92.9 cm³/mol.